The van der Waals surface area contributed by atoms with Gasteiger partial charge in [0.15, 0.2) is 0 Å². The monoisotopic (exact) mass is 279 g/mol. The summed E-state index contributed by atoms with van der Waals surface area (Å²) in [6.45, 7) is 1.79. The van der Waals surface area contributed by atoms with Gasteiger partial charge in [0.05, 0.1) is 23.6 Å². The first kappa shape index (κ1) is 13.6. The minimum absolute atomic E-state index is 0.186. The van der Waals surface area contributed by atoms with Gasteiger partial charge in [0, 0.05) is 17.1 Å². The van der Waals surface area contributed by atoms with E-state index in [4.69, 9.17) is 16.7 Å². The number of nitrogens with zero attached hydrogens (tertiary/aromatic N) is 1. The van der Waals surface area contributed by atoms with Crippen molar-refractivity contribution < 1.29 is 9.90 Å². The second-order valence-corrected chi connectivity index (χ2v) is 4.60. The van der Waals surface area contributed by atoms with Gasteiger partial charge in [-0.05, 0) is 13.0 Å². The molecule has 0 aliphatic carbocycles. The van der Waals surface area contributed by atoms with Crippen LogP contribution >= 0.6 is 11.6 Å². The van der Waals surface area contributed by atoms with Gasteiger partial charge in [0.25, 0.3) is 5.91 Å². The van der Waals surface area contributed by atoms with Gasteiger partial charge >= 0.3 is 0 Å². The molecule has 19 heavy (non-hydrogen) atoms. The Balaban J connectivity index is 2.28. The molecule has 0 aliphatic rings. The van der Waals surface area contributed by atoms with Gasteiger partial charge in [-0.1, -0.05) is 29.8 Å². The number of benzene rings is 1. The number of nitrogens with one attached hydrogen (secondary N) is 2. The number of aliphatic hydroxyl groups excluding tert-OH is 1. The first-order valence-electron chi connectivity index (χ1n) is 5.84. The van der Waals surface area contributed by atoms with Crippen LogP contribution in [-0.4, -0.2) is 33.9 Å². The van der Waals surface area contributed by atoms with E-state index in [1.54, 1.807) is 19.1 Å². The normalized spacial score (nSPS) is 12.2. The molecule has 5 nitrogen and oxygen atoms in total. The predicted molar refractivity (Wildman–Crippen MR) is 73.0 cm³/mol. The maximum absolute atomic E-state index is 12.0. The van der Waals surface area contributed by atoms with Crippen molar-refractivity contribution in [1.29, 1.82) is 0 Å². The number of carbonyl (C=O) groups is 1. The highest BCUT2D eigenvalue weighted by Crippen LogP contribution is 2.28. The molecule has 3 N–H and O–H groups in total. The van der Waals surface area contributed by atoms with E-state index in [2.05, 4.69) is 15.5 Å². The van der Waals surface area contributed by atoms with Crippen LogP contribution in [0.25, 0.3) is 11.3 Å². The van der Waals surface area contributed by atoms with Crippen LogP contribution in [0.5, 0.6) is 0 Å². The van der Waals surface area contributed by atoms with Gasteiger partial charge in [-0.3, -0.25) is 9.89 Å². The molecule has 1 amide bonds. The molecule has 0 aliphatic heterocycles. The SMILES string of the molecule is CC(O)CNC(=O)c1cn[nH]c1-c1ccccc1Cl. The Bertz CT molecular complexity index is 581. The Kier molecular flexibility index (Phi) is 4.19. The van der Waals surface area contributed by atoms with Crippen LogP contribution in [0.2, 0.25) is 5.02 Å². The summed E-state index contributed by atoms with van der Waals surface area (Å²) in [4.78, 5) is 12.0. The molecule has 2 aromatic rings. The smallest absolute Gasteiger partial charge is 0.255 e. The largest absolute Gasteiger partial charge is 0.392 e. The number of aliphatic hydroxyl groups is 1. The van der Waals surface area contributed by atoms with Crippen molar-refractivity contribution in [2.75, 3.05) is 6.54 Å². The van der Waals surface area contributed by atoms with Gasteiger partial charge in [-0.15, -0.1) is 0 Å². The number of amides is 1. The molecule has 2 rings (SSSR count). The van der Waals surface area contributed by atoms with Crippen molar-refractivity contribution in [2.24, 2.45) is 0 Å². The average molecular weight is 280 g/mol. The highest BCUT2D eigenvalue weighted by molar-refractivity contribution is 6.33. The number of halogens is 1. The first-order chi connectivity index (χ1) is 9.09. The Morgan fingerprint density at radius 3 is 2.95 bits per heavy atom. The van der Waals surface area contributed by atoms with E-state index in [0.717, 1.165) is 0 Å². The van der Waals surface area contributed by atoms with Gasteiger partial charge in [0.2, 0.25) is 0 Å². The Labute approximate surface area is 115 Å². The molecule has 100 valence electrons. The Morgan fingerprint density at radius 2 is 2.26 bits per heavy atom. The van der Waals surface area contributed by atoms with E-state index in [-0.39, 0.29) is 12.5 Å². The minimum Gasteiger partial charge on any atom is -0.392 e. The lowest BCUT2D eigenvalue weighted by Crippen LogP contribution is -2.30. The third-order valence-electron chi connectivity index (χ3n) is 2.59. The van der Waals surface area contributed by atoms with Crippen LogP contribution in [-0.2, 0) is 0 Å². The average Bonchev–Trinajstić information content (AvgIpc) is 2.85. The highest BCUT2D eigenvalue weighted by atomic mass is 35.5. The standard InChI is InChI=1S/C13H14ClN3O2/c1-8(18)6-15-13(19)10-7-16-17-12(10)9-4-2-3-5-11(9)14/h2-5,7-8,18H,6H2,1H3,(H,15,19)(H,16,17). The molecule has 1 heterocycles. The summed E-state index contributed by atoms with van der Waals surface area (Å²) in [5.41, 5.74) is 1.67. The van der Waals surface area contributed by atoms with Gasteiger partial charge in [-0.2, -0.15) is 5.10 Å². The van der Waals surface area contributed by atoms with Gasteiger partial charge in [-0.25, -0.2) is 0 Å². The summed E-state index contributed by atoms with van der Waals surface area (Å²) < 4.78 is 0. The first-order valence-corrected chi connectivity index (χ1v) is 6.22. The summed E-state index contributed by atoms with van der Waals surface area (Å²) in [6.07, 6.45) is 0.843. The van der Waals surface area contributed by atoms with Crippen molar-refractivity contribution in [2.45, 2.75) is 13.0 Å². The zero-order valence-electron chi connectivity index (χ0n) is 10.4. The molecule has 1 aromatic carbocycles. The van der Waals surface area contributed by atoms with Crippen molar-refractivity contribution in [1.82, 2.24) is 15.5 Å². The molecule has 1 unspecified atom stereocenters. The van der Waals surface area contributed by atoms with E-state index in [0.29, 0.717) is 21.8 Å². The molecule has 1 atom stereocenters. The molecule has 0 saturated heterocycles. The Morgan fingerprint density at radius 1 is 1.53 bits per heavy atom. The second kappa shape index (κ2) is 5.86. The molecule has 0 fully saturated rings. The maximum atomic E-state index is 12.0. The summed E-state index contributed by atoms with van der Waals surface area (Å²) in [5, 5.41) is 19.0. The minimum atomic E-state index is -0.598. The van der Waals surface area contributed by atoms with Crippen LogP contribution in [0.4, 0.5) is 0 Å². The number of rotatable bonds is 4. The zero-order chi connectivity index (χ0) is 13.8. The van der Waals surface area contributed by atoms with E-state index in [1.165, 1.54) is 6.20 Å². The van der Waals surface area contributed by atoms with Crippen molar-refractivity contribution in [3.05, 3.63) is 41.0 Å². The van der Waals surface area contributed by atoms with E-state index < -0.39 is 6.10 Å². The number of hydrogen-bond acceptors (Lipinski definition) is 3. The van der Waals surface area contributed by atoms with E-state index in [9.17, 15) is 4.79 Å². The number of H-pyrrole nitrogens is 1. The van der Waals surface area contributed by atoms with Crippen molar-refractivity contribution in [3.63, 3.8) is 0 Å². The van der Waals surface area contributed by atoms with E-state index in [1.807, 2.05) is 12.1 Å². The molecule has 1 aromatic heterocycles. The summed E-state index contributed by atoms with van der Waals surface area (Å²) in [5.74, 6) is -0.301. The van der Waals surface area contributed by atoms with Crippen LogP contribution in [0.1, 0.15) is 17.3 Å². The fraction of sp³-hybridized carbons (Fsp3) is 0.231. The highest BCUT2D eigenvalue weighted by Gasteiger charge is 2.16. The third-order valence-corrected chi connectivity index (χ3v) is 2.91. The predicted octanol–water partition coefficient (Wildman–Crippen LogP) is 1.84. The Hall–Kier alpha value is -1.85. The molecule has 0 bridgehead atoms. The number of aromatic amines is 1. The molecule has 0 saturated carbocycles. The van der Waals surface area contributed by atoms with Gasteiger partial charge < -0.3 is 10.4 Å². The van der Waals surface area contributed by atoms with Crippen LogP contribution in [0.15, 0.2) is 30.5 Å². The quantitative estimate of drug-likeness (QED) is 0.799. The number of aromatic nitrogens is 2. The number of carbonyl (C=O) groups excluding carboxylic acids is 1. The maximum Gasteiger partial charge on any atom is 0.255 e. The van der Waals surface area contributed by atoms with Crippen LogP contribution in [0.3, 0.4) is 0 Å². The van der Waals surface area contributed by atoms with Crippen molar-refractivity contribution >= 4 is 17.5 Å². The van der Waals surface area contributed by atoms with Crippen LogP contribution < -0.4 is 5.32 Å². The lowest BCUT2D eigenvalue weighted by atomic mass is 10.1. The molecular weight excluding hydrogens is 266 g/mol. The fourth-order valence-corrected chi connectivity index (χ4v) is 1.89. The lowest BCUT2D eigenvalue weighted by molar-refractivity contribution is 0.0924. The van der Waals surface area contributed by atoms with E-state index >= 15 is 0 Å². The van der Waals surface area contributed by atoms with Crippen molar-refractivity contribution in [3.8, 4) is 11.3 Å². The molecule has 0 spiro atoms. The summed E-state index contributed by atoms with van der Waals surface area (Å²) in [7, 11) is 0. The molecule has 6 heteroatoms. The number of hydrogen-bond donors (Lipinski definition) is 3. The lowest BCUT2D eigenvalue weighted by Gasteiger charge is -2.08. The zero-order valence-corrected chi connectivity index (χ0v) is 11.1. The second-order valence-electron chi connectivity index (χ2n) is 4.20. The third kappa shape index (κ3) is 3.13. The summed E-state index contributed by atoms with van der Waals surface area (Å²) >= 11 is 6.10. The summed E-state index contributed by atoms with van der Waals surface area (Å²) in [6, 6.07) is 7.20. The topological polar surface area (TPSA) is 78.0 Å². The van der Waals surface area contributed by atoms with Crippen LogP contribution in [0, 0.1) is 0 Å². The molecular formula is C13H14ClN3O2. The molecule has 0 radical (unpaired) electrons. The fourth-order valence-electron chi connectivity index (χ4n) is 1.66. The van der Waals surface area contributed by atoms with Gasteiger partial charge in [0.1, 0.15) is 0 Å².